The molecule has 0 aliphatic rings. The Balaban J connectivity index is 0.000000164. The van der Waals surface area contributed by atoms with E-state index >= 15 is 0 Å². The van der Waals surface area contributed by atoms with Crippen LogP contribution in [-0.2, 0) is 18.0 Å². The summed E-state index contributed by atoms with van der Waals surface area (Å²) in [5.74, 6) is 2.86. The molecule has 6 aromatic carbocycles. The summed E-state index contributed by atoms with van der Waals surface area (Å²) in [6, 6.07) is 43.3. The van der Waals surface area contributed by atoms with Gasteiger partial charge in [-0.2, -0.15) is 0 Å². The first-order chi connectivity index (χ1) is 26.1. The molecule has 0 aliphatic heterocycles. The van der Waals surface area contributed by atoms with Crippen molar-refractivity contribution in [2.45, 2.75) is 67.4 Å². The number of rotatable bonds is 5. The molecule has 7 heteroatoms. The van der Waals surface area contributed by atoms with E-state index in [0.29, 0.717) is 0 Å². The third kappa shape index (κ3) is 9.41. The number of aryl methyl sites for hydroxylation is 3. The number of hydrogen-bond donors (Lipinski definition) is 0. The van der Waals surface area contributed by atoms with Crippen LogP contribution in [0.25, 0.3) is 66.4 Å². The van der Waals surface area contributed by atoms with Gasteiger partial charge in [-0.3, -0.25) is 0 Å². The molecule has 0 saturated heterocycles. The minimum atomic E-state index is -1.65. The average Bonchev–Trinajstić information content (AvgIpc) is 3.97. The first-order valence-electron chi connectivity index (χ1n) is 18.8. The Morgan fingerprint density at radius 2 is 0.982 bits per heavy atom. The Hall–Kier alpha value is -3.44. The molecular formula is C48H50Cl2O2Si2Zr-2. The van der Waals surface area contributed by atoms with Crippen LogP contribution in [0.2, 0.25) is 32.7 Å². The van der Waals surface area contributed by atoms with E-state index in [0.717, 1.165) is 28.2 Å². The molecule has 8 rings (SSSR count). The van der Waals surface area contributed by atoms with Crippen molar-refractivity contribution < 1.29 is 26.8 Å². The van der Waals surface area contributed by atoms with Gasteiger partial charge in [0.25, 0.3) is 0 Å². The van der Waals surface area contributed by atoms with E-state index in [9.17, 15) is 0 Å². The molecule has 0 fully saturated rings. The van der Waals surface area contributed by atoms with E-state index < -0.39 is 26.1 Å². The van der Waals surface area contributed by atoms with Crippen LogP contribution in [-0.4, -0.2) is 13.5 Å². The number of hydrogen-bond acceptors (Lipinski definition) is 2. The van der Waals surface area contributed by atoms with Crippen molar-refractivity contribution in [3.05, 3.63) is 149 Å². The maximum absolute atomic E-state index is 6.23. The average molecular weight is 877 g/mol. The monoisotopic (exact) mass is 874 g/mol. The molecule has 0 spiro atoms. The largest absolute Gasteiger partial charge is 0.501 e. The molecule has 0 unspecified atom stereocenters. The zero-order valence-electron chi connectivity index (χ0n) is 33.6. The maximum Gasteiger partial charge on any atom is 0.122 e. The van der Waals surface area contributed by atoms with Crippen LogP contribution in [0.5, 0.6) is 0 Å². The van der Waals surface area contributed by atoms with Crippen molar-refractivity contribution >= 4 is 57.5 Å². The predicted octanol–water partition coefficient (Wildman–Crippen LogP) is 15.2. The first kappa shape index (κ1) is 41.2. The summed E-state index contributed by atoms with van der Waals surface area (Å²) in [6.45, 7) is 22.1. The Labute approximate surface area is 343 Å². The minimum Gasteiger partial charge on any atom is -0.501 e. The summed E-state index contributed by atoms with van der Waals surface area (Å²) >= 11 is -1.65. The molecule has 2 nitrogen and oxygen atoms in total. The van der Waals surface area contributed by atoms with Gasteiger partial charge in [0.05, 0.1) is 22.7 Å². The zero-order chi connectivity index (χ0) is 39.6. The van der Waals surface area contributed by atoms with Gasteiger partial charge in [-0.05, 0) is 75.1 Å². The second-order valence-corrected chi connectivity index (χ2v) is 43.7. The van der Waals surface area contributed by atoms with Gasteiger partial charge in [-0.15, -0.1) is 57.9 Å². The number of fused-ring (bicyclic) bond motifs is 2. The van der Waals surface area contributed by atoms with Gasteiger partial charge >= 0.3 is 53.5 Å². The summed E-state index contributed by atoms with van der Waals surface area (Å²) < 4.78 is 12.0. The van der Waals surface area contributed by atoms with Crippen molar-refractivity contribution in [3.63, 3.8) is 0 Å². The van der Waals surface area contributed by atoms with E-state index in [1.54, 1.807) is 0 Å². The van der Waals surface area contributed by atoms with E-state index in [1.165, 1.54) is 71.6 Å². The number of benzene rings is 4. The van der Waals surface area contributed by atoms with E-state index in [-0.39, 0.29) is 5.43 Å². The fourth-order valence-electron chi connectivity index (χ4n) is 6.93. The number of furan rings is 2. The second-order valence-electron chi connectivity index (χ2n) is 15.7. The zero-order valence-corrected chi connectivity index (χ0v) is 39.6. The van der Waals surface area contributed by atoms with Crippen molar-refractivity contribution in [1.29, 1.82) is 0 Å². The van der Waals surface area contributed by atoms with E-state index in [2.05, 4.69) is 170 Å². The summed E-state index contributed by atoms with van der Waals surface area (Å²) in [5.41, 5.74) is 12.7. The van der Waals surface area contributed by atoms with Crippen LogP contribution >= 0.6 is 17.0 Å². The topological polar surface area (TPSA) is 26.3 Å². The van der Waals surface area contributed by atoms with Crippen LogP contribution in [0.4, 0.5) is 0 Å². The summed E-state index contributed by atoms with van der Waals surface area (Å²) in [4.78, 5) is 0. The summed E-state index contributed by atoms with van der Waals surface area (Å²) in [6.07, 6.45) is 0. The molecule has 0 radical (unpaired) electrons. The first-order valence-corrected chi connectivity index (χ1v) is 34.8. The van der Waals surface area contributed by atoms with Gasteiger partial charge in [0.15, 0.2) is 0 Å². The number of halogens is 2. The van der Waals surface area contributed by atoms with Crippen LogP contribution in [0.3, 0.4) is 0 Å². The molecular weight excluding hydrogens is 827 g/mol. The van der Waals surface area contributed by atoms with Gasteiger partial charge in [-0.1, -0.05) is 120 Å². The molecule has 2 aromatic heterocycles. The smallest absolute Gasteiger partial charge is 0.122 e. The van der Waals surface area contributed by atoms with Crippen LogP contribution in [0, 0.1) is 34.6 Å². The molecule has 0 bridgehead atoms. The van der Waals surface area contributed by atoms with Gasteiger partial charge in [0.1, 0.15) is 8.07 Å². The molecule has 2 heterocycles. The van der Waals surface area contributed by atoms with Gasteiger partial charge in [0, 0.05) is 0 Å². The Morgan fingerprint density at radius 3 is 1.35 bits per heavy atom. The van der Waals surface area contributed by atoms with Crippen LogP contribution < -0.4 is 5.38 Å². The minimum absolute atomic E-state index is 0.224. The fraction of sp³-hybridized carbons (Fsp3) is 0.208. The van der Waals surface area contributed by atoms with Gasteiger partial charge in [-0.25, -0.2) is 0 Å². The Kier molecular flexibility index (Phi) is 13.0. The van der Waals surface area contributed by atoms with Crippen molar-refractivity contribution in [2.24, 2.45) is 0 Å². The van der Waals surface area contributed by atoms with Crippen molar-refractivity contribution in [1.82, 2.24) is 0 Å². The molecule has 8 aromatic rings. The molecule has 55 heavy (non-hydrogen) atoms. The van der Waals surface area contributed by atoms with E-state index in [4.69, 9.17) is 25.9 Å². The van der Waals surface area contributed by atoms with Crippen molar-refractivity contribution in [2.75, 3.05) is 0 Å². The fourth-order valence-corrected chi connectivity index (χ4v) is 7.93. The standard InChI is InChI=1S/C24H25OSi.C22H19O.C2H6Si.2ClH.Zr/c1-16-13-19-14-20(22-11-12-23(25-22)26(3,4)5)15-21(19)24(17(16)2)18-9-7-6-8-10-18;1-14-11-18-12-19(21-10-9-15(2)23-21)13-20(18)22(16(14)3)17-7-5-4-6-8-17;1-3-2;;;/h6-15H,1-5H3;4-13H,1-3H3;1-2H3;2*1H;/q2*-1;;;;+2/p-2. The molecule has 0 amide bonds. The van der Waals surface area contributed by atoms with Crippen LogP contribution in [0.15, 0.2) is 130 Å². The molecule has 0 aliphatic carbocycles. The van der Waals surface area contributed by atoms with Crippen LogP contribution in [0.1, 0.15) is 28.0 Å². The second kappa shape index (κ2) is 17.4. The maximum atomic E-state index is 6.23. The molecule has 0 atom stereocenters. The van der Waals surface area contributed by atoms with Gasteiger partial charge < -0.3 is 8.83 Å². The quantitative estimate of drug-likeness (QED) is 0.127. The molecule has 0 saturated carbocycles. The van der Waals surface area contributed by atoms with E-state index in [1.807, 2.05) is 19.1 Å². The molecule has 0 N–H and O–H groups in total. The van der Waals surface area contributed by atoms with Crippen molar-refractivity contribution in [3.8, 4) is 44.9 Å². The summed E-state index contributed by atoms with van der Waals surface area (Å²) in [5, 5.41) is 6.32. The van der Waals surface area contributed by atoms with Gasteiger partial charge in [0.2, 0.25) is 0 Å². The summed E-state index contributed by atoms with van der Waals surface area (Å²) in [7, 11) is 9.81. The predicted molar refractivity (Wildman–Crippen MR) is 241 cm³/mol. The SMILES string of the molecule is C[Si](C)=[Zr]([Cl])[Cl].Cc1cc2[cH-]c(-c3ccc([Si](C)(C)C)o3)cc2c(-c2ccccc2)c1C.Cc1ccc(-c2cc3c(-c4ccccc4)c(C)c(C)cc3[cH-]2)o1. The third-order valence-electron chi connectivity index (χ3n) is 10.2. The Bertz CT molecular complexity index is 2600. The normalized spacial score (nSPS) is 11.3. The molecule has 282 valence electrons. The third-order valence-corrected chi connectivity index (χ3v) is 31.7. The Morgan fingerprint density at radius 1 is 0.564 bits per heavy atom.